The molecule has 0 unspecified atom stereocenters. The van der Waals surface area contributed by atoms with E-state index in [9.17, 15) is 0 Å². The van der Waals surface area contributed by atoms with Crippen LogP contribution in [0.2, 0.25) is 0 Å². The Balaban J connectivity index is 2.79. The van der Waals surface area contributed by atoms with Crippen LogP contribution in [0.4, 0.5) is 0 Å². The highest BCUT2D eigenvalue weighted by Gasteiger charge is 2.16. The lowest BCUT2D eigenvalue weighted by Crippen LogP contribution is -2.03. The second-order valence-electron chi connectivity index (χ2n) is 3.97. The highest BCUT2D eigenvalue weighted by Crippen LogP contribution is 2.28. The normalized spacial score (nSPS) is 13.6. The highest BCUT2D eigenvalue weighted by molar-refractivity contribution is 5.16. The fourth-order valence-corrected chi connectivity index (χ4v) is 1.78. The van der Waals surface area contributed by atoms with Gasteiger partial charge in [0.15, 0.2) is 0 Å². The zero-order chi connectivity index (χ0) is 9.84. The van der Waals surface area contributed by atoms with Gasteiger partial charge in [-0.05, 0) is 30.4 Å². The van der Waals surface area contributed by atoms with Crippen molar-refractivity contribution in [2.45, 2.75) is 46.5 Å². The molecule has 0 aliphatic carbocycles. The van der Waals surface area contributed by atoms with Crippen LogP contribution in [0.1, 0.15) is 51.4 Å². The number of hydrogen-bond donors (Lipinski definition) is 0. The second-order valence-corrected chi connectivity index (χ2v) is 3.97. The van der Waals surface area contributed by atoms with Gasteiger partial charge in [0.2, 0.25) is 0 Å². The molecule has 0 radical (unpaired) electrons. The zero-order valence-electron chi connectivity index (χ0n) is 9.13. The fourth-order valence-electron chi connectivity index (χ4n) is 1.78. The van der Waals surface area contributed by atoms with Crippen LogP contribution in [0.5, 0.6) is 0 Å². The van der Waals surface area contributed by atoms with Gasteiger partial charge in [0.25, 0.3) is 0 Å². The highest BCUT2D eigenvalue weighted by atomic mass is 16.3. The third kappa shape index (κ3) is 2.36. The third-order valence-corrected chi connectivity index (χ3v) is 2.69. The molecule has 74 valence electrons. The molecule has 13 heavy (non-hydrogen) atoms. The lowest BCUT2D eigenvalue weighted by molar-refractivity contribution is 0.387. The summed E-state index contributed by atoms with van der Waals surface area (Å²) in [7, 11) is 0. The smallest absolute Gasteiger partial charge is 0.107 e. The number of rotatable bonds is 4. The molecular weight excluding hydrogens is 160 g/mol. The molecule has 0 fully saturated rings. The number of hydrogen-bond acceptors (Lipinski definition) is 1. The van der Waals surface area contributed by atoms with Crippen molar-refractivity contribution in [3.8, 4) is 0 Å². The lowest BCUT2D eigenvalue weighted by Gasteiger charge is -2.15. The molecule has 1 aromatic heterocycles. The van der Waals surface area contributed by atoms with Gasteiger partial charge in [-0.15, -0.1) is 0 Å². The van der Waals surface area contributed by atoms with Gasteiger partial charge in [-0.2, -0.15) is 0 Å². The van der Waals surface area contributed by atoms with Gasteiger partial charge in [0.05, 0.1) is 6.26 Å². The summed E-state index contributed by atoms with van der Waals surface area (Å²) in [5.41, 5.74) is 1.31. The zero-order valence-corrected chi connectivity index (χ0v) is 9.13. The summed E-state index contributed by atoms with van der Waals surface area (Å²) in [6.45, 7) is 8.88. The lowest BCUT2D eigenvalue weighted by atomic mass is 9.91. The Bertz CT molecular complexity index is 247. The number of aryl methyl sites for hydroxylation is 1. The van der Waals surface area contributed by atoms with Gasteiger partial charge in [-0.25, -0.2) is 0 Å². The van der Waals surface area contributed by atoms with Crippen molar-refractivity contribution in [3.05, 3.63) is 23.7 Å². The SMILES string of the molecule is CCc1coc([C@@H](CC)C(C)C)c1. The minimum absolute atomic E-state index is 0.584. The second kappa shape index (κ2) is 4.50. The van der Waals surface area contributed by atoms with Crippen molar-refractivity contribution in [1.29, 1.82) is 0 Å². The van der Waals surface area contributed by atoms with E-state index in [4.69, 9.17) is 4.42 Å². The maximum atomic E-state index is 5.57. The van der Waals surface area contributed by atoms with E-state index in [1.54, 1.807) is 0 Å². The summed E-state index contributed by atoms with van der Waals surface area (Å²) < 4.78 is 5.57. The maximum absolute atomic E-state index is 5.57. The van der Waals surface area contributed by atoms with Crippen molar-refractivity contribution in [1.82, 2.24) is 0 Å². The van der Waals surface area contributed by atoms with Crippen molar-refractivity contribution in [2.75, 3.05) is 0 Å². The molecule has 1 atom stereocenters. The van der Waals surface area contributed by atoms with Crippen LogP contribution in [-0.2, 0) is 6.42 Å². The average Bonchev–Trinajstić information content (AvgIpc) is 2.53. The van der Waals surface area contributed by atoms with Gasteiger partial charge in [0.1, 0.15) is 5.76 Å². The molecule has 0 spiro atoms. The van der Waals surface area contributed by atoms with E-state index in [1.165, 1.54) is 5.56 Å². The maximum Gasteiger partial charge on any atom is 0.107 e. The van der Waals surface area contributed by atoms with E-state index in [0.717, 1.165) is 18.6 Å². The first-order valence-corrected chi connectivity index (χ1v) is 5.26. The Morgan fingerprint density at radius 2 is 2.00 bits per heavy atom. The molecule has 0 amide bonds. The number of furan rings is 1. The van der Waals surface area contributed by atoms with Crippen molar-refractivity contribution < 1.29 is 4.42 Å². The van der Waals surface area contributed by atoms with E-state index < -0.39 is 0 Å². The van der Waals surface area contributed by atoms with Gasteiger partial charge in [-0.3, -0.25) is 0 Å². The molecule has 1 rings (SSSR count). The van der Waals surface area contributed by atoms with E-state index in [2.05, 4.69) is 33.8 Å². The molecule has 0 aliphatic rings. The van der Waals surface area contributed by atoms with Crippen LogP contribution < -0.4 is 0 Å². The predicted octanol–water partition coefficient (Wildman–Crippen LogP) is 3.99. The van der Waals surface area contributed by atoms with E-state index >= 15 is 0 Å². The summed E-state index contributed by atoms with van der Waals surface area (Å²) in [5.74, 6) is 2.41. The first-order chi connectivity index (χ1) is 6.19. The fraction of sp³-hybridized carbons (Fsp3) is 0.667. The molecule has 0 aromatic carbocycles. The third-order valence-electron chi connectivity index (χ3n) is 2.69. The van der Waals surface area contributed by atoms with Crippen LogP contribution in [0.25, 0.3) is 0 Å². The van der Waals surface area contributed by atoms with Crippen molar-refractivity contribution in [3.63, 3.8) is 0 Å². The Morgan fingerprint density at radius 3 is 2.38 bits per heavy atom. The molecular formula is C12H20O. The summed E-state index contributed by atoms with van der Waals surface area (Å²) in [6.07, 6.45) is 4.12. The molecule has 1 heteroatoms. The Hall–Kier alpha value is -0.720. The van der Waals surface area contributed by atoms with Gasteiger partial charge < -0.3 is 4.42 Å². The molecule has 1 heterocycles. The minimum Gasteiger partial charge on any atom is -0.469 e. The largest absolute Gasteiger partial charge is 0.469 e. The van der Waals surface area contributed by atoms with Crippen LogP contribution in [0.15, 0.2) is 16.7 Å². The van der Waals surface area contributed by atoms with Crippen LogP contribution in [0.3, 0.4) is 0 Å². The standard InChI is InChI=1S/C12H20O/c1-5-10-7-12(13-8-10)11(6-2)9(3)4/h7-9,11H,5-6H2,1-4H3/t11-/m0/s1. The van der Waals surface area contributed by atoms with E-state index in [0.29, 0.717) is 11.8 Å². The van der Waals surface area contributed by atoms with E-state index in [1.807, 2.05) is 6.26 Å². The van der Waals surface area contributed by atoms with E-state index in [-0.39, 0.29) is 0 Å². The first-order valence-electron chi connectivity index (χ1n) is 5.26. The van der Waals surface area contributed by atoms with Crippen LogP contribution >= 0.6 is 0 Å². The summed E-state index contributed by atoms with van der Waals surface area (Å²) >= 11 is 0. The monoisotopic (exact) mass is 180 g/mol. The molecule has 0 N–H and O–H groups in total. The van der Waals surface area contributed by atoms with Gasteiger partial charge >= 0.3 is 0 Å². The van der Waals surface area contributed by atoms with Gasteiger partial charge in [-0.1, -0.05) is 27.7 Å². The van der Waals surface area contributed by atoms with Crippen LogP contribution in [-0.4, -0.2) is 0 Å². The summed E-state index contributed by atoms with van der Waals surface area (Å²) in [4.78, 5) is 0. The molecule has 0 saturated carbocycles. The Kier molecular flexibility index (Phi) is 3.58. The van der Waals surface area contributed by atoms with Crippen LogP contribution in [0, 0.1) is 5.92 Å². The average molecular weight is 180 g/mol. The minimum atomic E-state index is 0.584. The molecule has 1 nitrogen and oxygen atoms in total. The topological polar surface area (TPSA) is 13.1 Å². The summed E-state index contributed by atoms with van der Waals surface area (Å²) in [5, 5.41) is 0. The predicted molar refractivity (Wildman–Crippen MR) is 56.0 cm³/mol. The Morgan fingerprint density at radius 1 is 1.31 bits per heavy atom. The molecule has 1 aromatic rings. The van der Waals surface area contributed by atoms with Crippen molar-refractivity contribution in [2.24, 2.45) is 5.92 Å². The van der Waals surface area contributed by atoms with Crippen molar-refractivity contribution >= 4 is 0 Å². The summed E-state index contributed by atoms with van der Waals surface area (Å²) in [6, 6.07) is 2.20. The first kappa shape index (κ1) is 10.4. The molecule has 0 bridgehead atoms. The molecule has 0 aliphatic heterocycles. The Labute approximate surface area is 81.1 Å². The molecule has 0 saturated heterocycles. The quantitative estimate of drug-likeness (QED) is 0.682. The van der Waals surface area contributed by atoms with Gasteiger partial charge in [0, 0.05) is 5.92 Å².